The van der Waals surface area contributed by atoms with E-state index in [2.05, 4.69) is 24.1 Å². The van der Waals surface area contributed by atoms with Crippen LogP contribution in [-0.2, 0) is 4.79 Å². The molecule has 0 saturated carbocycles. The standard InChI is InChI=1S/C18H34N4O2/c1-14(2)22-9-5-6-15(13-22)12-19-17(23)16-7-10-21(11-8-16)18(24)20(3)4/h14-16H,5-13H2,1-4H3,(H,19,23). The molecule has 0 spiro atoms. The van der Waals surface area contributed by atoms with Crippen LogP contribution >= 0.6 is 0 Å². The fraction of sp³-hybridized carbons (Fsp3) is 0.889. The minimum atomic E-state index is 0.0461. The lowest BCUT2D eigenvalue weighted by molar-refractivity contribution is -0.126. The number of urea groups is 1. The number of likely N-dealkylation sites (tertiary alicyclic amines) is 2. The minimum absolute atomic E-state index is 0.0461. The number of carbonyl (C=O) groups is 2. The molecular formula is C18H34N4O2. The van der Waals surface area contributed by atoms with Crippen LogP contribution in [0.15, 0.2) is 0 Å². The molecule has 1 N–H and O–H groups in total. The van der Waals surface area contributed by atoms with Gasteiger partial charge in [-0.25, -0.2) is 4.79 Å². The van der Waals surface area contributed by atoms with Crippen molar-refractivity contribution in [2.24, 2.45) is 11.8 Å². The number of nitrogens with zero attached hydrogens (tertiary/aromatic N) is 3. The SMILES string of the molecule is CC(C)N1CCCC(CNC(=O)C2CCN(C(=O)N(C)C)CC2)C1. The maximum absolute atomic E-state index is 12.4. The van der Waals surface area contributed by atoms with Crippen molar-refractivity contribution in [1.29, 1.82) is 0 Å². The number of amides is 3. The van der Waals surface area contributed by atoms with Gasteiger partial charge in [-0.15, -0.1) is 0 Å². The van der Waals surface area contributed by atoms with Crippen molar-refractivity contribution in [3.05, 3.63) is 0 Å². The number of carbonyl (C=O) groups excluding carboxylic acids is 2. The van der Waals surface area contributed by atoms with Crippen molar-refractivity contribution in [1.82, 2.24) is 20.0 Å². The van der Waals surface area contributed by atoms with Crippen LogP contribution in [0.25, 0.3) is 0 Å². The highest BCUT2D eigenvalue weighted by Gasteiger charge is 2.29. The highest BCUT2D eigenvalue weighted by atomic mass is 16.2. The molecule has 24 heavy (non-hydrogen) atoms. The molecule has 0 aromatic carbocycles. The van der Waals surface area contributed by atoms with Gasteiger partial charge >= 0.3 is 6.03 Å². The largest absolute Gasteiger partial charge is 0.356 e. The number of nitrogens with one attached hydrogen (secondary N) is 1. The monoisotopic (exact) mass is 338 g/mol. The summed E-state index contributed by atoms with van der Waals surface area (Å²) in [6, 6.07) is 0.631. The van der Waals surface area contributed by atoms with E-state index < -0.39 is 0 Å². The Morgan fingerprint density at radius 3 is 2.38 bits per heavy atom. The Balaban J connectivity index is 1.71. The van der Waals surface area contributed by atoms with Crippen LogP contribution in [0.3, 0.4) is 0 Å². The van der Waals surface area contributed by atoms with E-state index in [9.17, 15) is 9.59 Å². The topological polar surface area (TPSA) is 55.9 Å². The highest BCUT2D eigenvalue weighted by molar-refractivity contribution is 5.79. The molecule has 2 fully saturated rings. The summed E-state index contributed by atoms with van der Waals surface area (Å²) >= 11 is 0. The van der Waals surface area contributed by atoms with Gasteiger partial charge in [-0.05, 0) is 52.0 Å². The van der Waals surface area contributed by atoms with Gasteiger partial charge in [0.15, 0.2) is 0 Å². The van der Waals surface area contributed by atoms with Gasteiger partial charge in [-0.2, -0.15) is 0 Å². The summed E-state index contributed by atoms with van der Waals surface area (Å²) < 4.78 is 0. The number of hydrogen-bond acceptors (Lipinski definition) is 3. The van der Waals surface area contributed by atoms with Crippen molar-refractivity contribution >= 4 is 11.9 Å². The second-order valence-electron chi connectivity index (χ2n) is 7.78. The third-order valence-corrected chi connectivity index (χ3v) is 5.36. The van der Waals surface area contributed by atoms with Gasteiger partial charge in [-0.3, -0.25) is 4.79 Å². The molecule has 2 aliphatic rings. The van der Waals surface area contributed by atoms with E-state index in [0.29, 0.717) is 25.0 Å². The van der Waals surface area contributed by atoms with Gasteiger partial charge in [0.1, 0.15) is 0 Å². The lowest BCUT2D eigenvalue weighted by Gasteiger charge is -2.36. The summed E-state index contributed by atoms with van der Waals surface area (Å²) in [4.78, 5) is 30.3. The van der Waals surface area contributed by atoms with Crippen LogP contribution in [0.2, 0.25) is 0 Å². The first kappa shape index (κ1) is 19.0. The average molecular weight is 338 g/mol. The molecule has 0 radical (unpaired) electrons. The van der Waals surface area contributed by atoms with Crippen LogP contribution in [-0.4, -0.2) is 79.5 Å². The zero-order valence-electron chi connectivity index (χ0n) is 15.8. The van der Waals surface area contributed by atoms with Gasteiger partial charge < -0.3 is 20.0 Å². The highest BCUT2D eigenvalue weighted by Crippen LogP contribution is 2.20. The van der Waals surface area contributed by atoms with Gasteiger partial charge in [0.25, 0.3) is 0 Å². The first-order valence-corrected chi connectivity index (χ1v) is 9.36. The molecular weight excluding hydrogens is 304 g/mol. The Kier molecular flexibility index (Phi) is 6.90. The molecule has 0 aromatic rings. The molecule has 1 atom stereocenters. The summed E-state index contributed by atoms with van der Waals surface area (Å²) in [5.74, 6) is 0.801. The van der Waals surface area contributed by atoms with E-state index >= 15 is 0 Å². The molecule has 6 heteroatoms. The molecule has 2 aliphatic heterocycles. The first-order valence-electron chi connectivity index (χ1n) is 9.36. The molecule has 1 unspecified atom stereocenters. The van der Waals surface area contributed by atoms with E-state index in [1.165, 1.54) is 19.4 Å². The molecule has 6 nitrogen and oxygen atoms in total. The number of piperidine rings is 2. The van der Waals surface area contributed by atoms with E-state index in [1.807, 2.05) is 4.90 Å². The summed E-state index contributed by atoms with van der Waals surface area (Å²) in [6.45, 7) is 8.90. The molecule has 3 amide bonds. The van der Waals surface area contributed by atoms with Gasteiger partial charge in [0.05, 0.1) is 0 Å². The quantitative estimate of drug-likeness (QED) is 0.847. The molecule has 2 heterocycles. The Morgan fingerprint density at radius 1 is 1.12 bits per heavy atom. The number of rotatable bonds is 4. The van der Waals surface area contributed by atoms with Crippen molar-refractivity contribution < 1.29 is 9.59 Å². The van der Waals surface area contributed by atoms with Crippen molar-refractivity contribution in [3.8, 4) is 0 Å². The van der Waals surface area contributed by atoms with Crippen molar-refractivity contribution in [2.45, 2.75) is 45.6 Å². The average Bonchev–Trinajstić information content (AvgIpc) is 2.59. The van der Waals surface area contributed by atoms with E-state index in [1.54, 1.807) is 19.0 Å². The summed E-state index contributed by atoms with van der Waals surface area (Å²) in [7, 11) is 3.54. The fourth-order valence-corrected chi connectivity index (χ4v) is 3.74. The zero-order valence-corrected chi connectivity index (χ0v) is 15.8. The predicted octanol–water partition coefficient (Wildman–Crippen LogP) is 1.62. The zero-order chi connectivity index (χ0) is 17.7. The Labute approximate surface area is 146 Å². The summed E-state index contributed by atoms with van der Waals surface area (Å²) in [5.41, 5.74) is 0. The van der Waals surface area contributed by atoms with E-state index in [0.717, 1.165) is 25.9 Å². The molecule has 0 aliphatic carbocycles. The smallest absolute Gasteiger partial charge is 0.319 e. The van der Waals surface area contributed by atoms with Gasteiger partial charge in [0.2, 0.25) is 5.91 Å². The first-order chi connectivity index (χ1) is 11.4. The predicted molar refractivity (Wildman–Crippen MR) is 95.8 cm³/mol. The van der Waals surface area contributed by atoms with Crippen LogP contribution < -0.4 is 5.32 Å². The van der Waals surface area contributed by atoms with E-state index in [-0.39, 0.29) is 17.9 Å². The Bertz CT molecular complexity index is 431. The van der Waals surface area contributed by atoms with Crippen LogP contribution in [0.5, 0.6) is 0 Å². The Morgan fingerprint density at radius 2 is 1.79 bits per heavy atom. The molecule has 138 valence electrons. The lowest BCUT2D eigenvalue weighted by Crippen LogP contribution is -2.48. The molecule has 2 saturated heterocycles. The van der Waals surface area contributed by atoms with Gasteiger partial charge in [0, 0.05) is 52.2 Å². The van der Waals surface area contributed by atoms with Gasteiger partial charge in [-0.1, -0.05) is 0 Å². The third kappa shape index (κ3) is 5.10. The fourth-order valence-electron chi connectivity index (χ4n) is 3.74. The maximum atomic E-state index is 12.4. The summed E-state index contributed by atoms with van der Waals surface area (Å²) in [5, 5.41) is 3.17. The van der Waals surface area contributed by atoms with Crippen LogP contribution in [0, 0.1) is 11.8 Å². The van der Waals surface area contributed by atoms with Crippen LogP contribution in [0.4, 0.5) is 4.79 Å². The second kappa shape index (κ2) is 8.70. The normalized spacial score (nSPS) is 23.4. The second-order valence-corrected chi connectivity index (χ2v) is 7.78. The minimum Gasteiger partial charge on any atom is -0.356 e. The van der Waals surface area contributed by atoms with Crippen LogP contribution in [0.1, 0.15) is 39.5 Å². The lowest BCUT2D eigenvalue weighted by atomic mass is 9.94. The maximum Gasteiger partial charge on any atom is 0.319 e. The van der Waals surface area contributed by atoms with E-state index in [4.69, 9.17) is 0 Å². The number of hydrogen-bond donors (Lipinski definition) is 1. The Hall–Kier alpha value is -1.30. The molecule has 0 bridgehead atoms. The van der Waals surface area contributed by atoms with Crippen molar-refractivity contribution in [2.75, 3.05) is 46.8 Å². The summed E-state index contributed by atoms with van der Waals surface area (Å²) in [6.07, 6.45) is 3.98. The molecule has 0 aromatic heterocycles. The molecule has 2 rings (SSSR count). The third-order valence-electron chi connectivity index (χ3n) is 5.36. The van der Waals surface area contributed by atoms with Crippen molar-refractivity contribution in [3.63, 3.8) is 0 Å².